The molecule has 1 aliphatic heterocycles. The summed E-state index contributed by atoms with van der Waals surface area (Å²) < 4.78 is 1.51. The molecule has 100 valence electrons. The van der Waals surface area contributed by atoms with Gasteiger partial charge in [-0.3, -0.25) is 4.79 Å². The van der Waals surface area contributed by atoms with E-state index in [1.54, 1.807) is 13.4 Å². The molecule has 0 spiro atoms. The van der Waals surface area contributed by atoms with E-state index in [2.05, 4.69) is 21.8 Å². The molecule has 1 aliphatic rings. The second-order valence-electron chi connectivity index (χ2n) is 5.15. The van der Waals surface area contributed by atoms with E-state index in [0.717, 1.165) is 37.4 Å². The number of benzene rings is 1. The zero-order valence-electron chi connectivity index (χ0n) is 11.3. The zero-order chi connectivity index (χ0) is 13.4. The molecule has 3 rings (SSSR count). The van der Waals surface area contributed by atoms with E-state index < -0.39 is 0 Å². The molecule has 19 heavy (non-hydrogen) atoms. The number of fused-ring (bicyclic) bond motifs is 1. The van der Waals surface area contributed by atoms with Crippen molar-refractivity contribution in [2.75, 3.05) is 38.1 Å². The number of aromatic nitrogens is 2. The van der Waals surface area contributed by atoms with Crippen LogP contribution in [-0.2, 0) is 7.05 Å². The first-order chi connectivity index (χ1) is 9.15. The Labute approximate surface area is 112 Å². The molecule has 1 aromatic heterocycles. The lowest BCUT2D eigenvalue weighted by atomic mass is 10.2. The highest BCUT2D eigenvalue weighted by Crippen LogP contribution is 2.19. The molecule has 2 aromatic rings. The van der Waals surface area contributed by atoms with Crippen LogP contribution in [0.5, 0.6) is 0 Å². The molecule has 0 bridgehead atoms. The lowest BCUT2D eigenvalue weighted by Gasteiger charge is -2.34. The number of aryl methyl sites for hydroxylation is 1. The molecular formula is C14H18N4O. The molecule has 0 N–H and O–H groups in total. The van der Waals surface area contributed by atoms with Gasteiger partial charge >= 0.3 is 0 Å². The van der Waals surface area contributed by atoms with E-state index in [1.807, 2.05) is 18.2 Å². The predicted molar refractivity (Wildman–Crippen MR) is 76.7 cm³/mol. The summed E-state index contributed by atoms with van der Waals surface area (Å²) in [5, 5.41) is 0.683. The van der Waals surface area contributed by atoms with Crippen molar-refractivity contribution in [1.29, 1.82) is 0 Å². The molecule has 0 aliphatic carbocycles. The maximum Gasteiger partial charge on any atom is 0.260 e. The van der Waals surface area contributed by atoms with Crippen LogP contribution in [0, 0.1) is 0 Å². The summed E-state index contributed by atoms with van der Waals surface area (Å²) in [6.07, 6.45) is 1.58. The van der Waals surface area contributed by atoms with Crippen LogP contribution in [0.2, 0.25) is 0 Å². The Kier molecular flexibility index (Phi) is 2.98. The fourth-order valence-corrected chi connectivity index (χ4v) is 2.46. The Morgan fingerprint density at radius 3 is 2.58 bits per heavy atom. The molecule has 1 saturated heterocycles. The first-order valence-corrected chi connectivity index (χ1v) is 6.54. The minimum Gasteiger partial charge on any atom is -0.369 e. The summed E-state index contributed by atoms with van der Waals surface area (Å²) in [6.45, 7) is 4.18. The molecule has 0 saturated carbocycles. The number of hydrogen-bond donors (Lipinski definition) is 0. The summed E-state index contributed by atoms with van der Waals surface area (Å²) in [4.78, 5) is 21.0. The van der Waals surface area contributed by atoms with Crippen LogP contribution in [0.4, 0.5) is 5.69 Å². The Morgan fingerprint density at radius 1 is 1.11 bits per heavy atom. The standard InChI is InChI=1S/C14H18N4O/c1-16-5-7-18(8-6-16)11-3-4-12-13(9-11)15-10-17(2)14(12)19/h3-4,9-10H,5-8H2,1-2H3. The van der Waals surface area contributed by atoms with Gasteiger partial charge in [0.2, 0.25) is 0 Å². The van der Waals surface area contributed by atoms with Gasteiger partial charge in [-0.25, -0.2) is 4.98 Å². The van der Waals surface area contributed by atoms with Crippen molar-refractivity contribution in [2.45, 2.75) is 0 Å². The van der Waals surface area contributed by atoms with Crippen molar-refractivity contribution < 1.29 is 0 Å². The van der Waals surface area contributed by atoms with Gasteiger partial charge in [0.25, 0.3) is 5.56 Å². The second kappa shape index (κ2) is 4.66. The minimum atomic E-state index is 0.00919. The summed E-state index contributed by atoms with van der Waals surface area (Å²) in [5.74, 6) is 0. The summed E-state index contributed by atoms with van der Waals surface area (Å²) in [5.41, 5.74) is 1.94. The molecule has 0 amide bonds. The number of nitrogens with zero attached hydrogens (tertiary/aromatic N) is 4. The maximum atomic E-state index is 12.0. The van der Waals surface area contributed by atoms with Crippen molar-refractivity contribution in [3.8, 4) is 0 Å². The van der Waals surface area contributed by atoms with Crippen LogP contribution in [0.25, 0.3) is 10.9 Å². The molecule has 0 unspecified atom stereocenters. The Morgan fingerprint density at radius 2 is 1.84 bits per heavy atom. The number of hydrogen-bond acceptors (Lipinski definition) is 4. The zero-order valence-corrected chi connectivity index (χ0v) is 11.3. The Balaban J connectivity index is 1.98. The van der Waals surface area contributed by atoms with Crippen molar-refractivity contribution in [2.24, 2.45) is 7.05 Å². The quantitative estimate of drug-likeness (QED) is 0.754. The molecule has 2 heterocycles. The molecule has 1 fully saturated rings. The van der Waals surface area contributed by atoms with Crippen molar-refractivity contribution >= 4 is 16.6 Å². The lowest BCUT2D eigenvalue weighted by molar-refractivity contribution is 0.313. The second-order valence-corrected chi connectivity index (χ2v) is 5.15. The van der Waals surface area contributed by atoms with Gasteiger partial charge in [0.1, 0.15) is 0 Å². The summed E-state index contributed by atoms with van der Waals surface area (Å²) in [7, 11) is 3.87. The van der Waals surface area contributed by atoms with E-state index in [-0.39, 0.29) is 5.56 Å². The summed E-state index contributed by atoms with van der Waals surface area (Å²) >= 11 is 0. The number of rotatable bonds is 1. The van der Waals surface area contributed by atoms with E-state index in [1.165, 1.54) is 4.57 Å². The largest absolute Gasteiger partial charge is 0.369 e. The maximum absolute atomic E-state index is 12.0. The third-order valence-electron chi connectivity index (χ3n) is 3.77. The van der Waals surface area contributed by atoms with Crippen molar-refractivity contribution in [3.05, 3.63) is 34.9 Å². The SMILES string of the molecule is CN1CCN(c2ccc3c(=O)n(C)cnc3c2)CC1. The molecule has 0 atom stereocenters. The minimum absolute atomic E-state index is 0.00919. The van der Waals surface area contributed by atoms with Gasteiger partial charge in [-0.15, -0.1) is 0 Å². The molecule has 5 nitrogen and oxygen atoms in total. The number of anilines is 1. The van der Waals surface area contributed by atoms with Crippen LogP contribution in [-0.4, -0.2) is 47.7 Å². The van der Waals surface area contributed by atoms with E-state index in [0.29, 0.717) is 5.39 Å². The third kappa shape index (κ3) is 2.21. The normalized spacial score (nSPS) is 17.1. The fraction of sp³-hybridized carbons (Fsp3) is 0.429. The number of piperazine rings is 1. The van der Waals surface area contributed by atoms with Gasteiger partial charge in [-0.2, -0.15) is 0 Å². The van der Waals surface area contributed by atoms with Crippen molar-refractivity contribution in [1.82, 2.24) is 14.5 Å². The van der Waals surface area contributed by atoms with Crippen LogP contribution in [0.1, 0.15) is 0 Å². The van der Waals surface area contributed by atoms with Gasteiger partial charge in [-0.05, 0) is 25.2 Å². The first-order valence-electron chi connectivity index (χ1n) is 6.54. The smallest absolute Gasteiger partial charge is 0.260 e. The van der Waals surface area contributed by atoms with Crippen LogP contribution in [0.15, 0.2) is 29.3 Å². The fourth-order valence-electron chi connectivity index (χ4n) is 2.46. The first kappa shape index (κ1) is 12.2. The Bertz CT molecular complexity index is 656. The lowest BCUT2D eigenvalue weighted by Crippen LogP contribution is -2.44. The van der Waals surface area contributed by atoms with E-state index in [9.17, 15) is 4.79 Å². The highest BCUT2D eigenvalue weighted by molar-refractivity contribution is 5.81. The molecule has 1 aromatic carbocycles. The molecule has 5 heteroatoms. The van der Waals surface area contributed by atoms with Gasteiger partial charge in [0.15, 0.2) is 0 Å². The van der Waals surface area contributed by atoms with Gasteiger partial charge in [0.05, 0.1) is 17.2 Å². The Hall–Kier alpha value is -1.88. The monoisotopic (exact) mass is 258 g/mol. The highest BCUT2D eigenvalue weighted by Gasteiger charge is 2.15. The van der Waals surface area contributed by atoms with Gasteiger partial charge < -0.3 is 14.4 Å². The van der Waals surface area contributed by atoms with Crippen LogP contribution in [0.3, 0.4) is 0 Å². The third-order valence-corrected chi connectivity index (χ3v) is 3.77. The average molecular weight is 258 g/mol. The predicted octanol–water partition coefficient (Wildman–Crippen LogP) is 0.685. The molecular weight excluding hydrogens is 240 g/mol. The van der Waals surface area contributed by atoms with Crippen molar-refractivity contribution in [3.63, 3.8) is 0 Å². The van der Waals surface area contributed by atoms with E-state index in [4.69, 9.17) is 0 Å². The highest BCUT2D eigenvalue weighted by atomic mass is 16.1. The van der Waals surface area contributed by atoms with Crippen LogP contribution >= 0.6 is 0 Å². The average Bonchev–Trinajstić information content (AvgIpc) is 2.43. The van der Waals surface area contributed by atoms with E-state index >= 15 is 0 Å². The summed E-state index contributed by atoms with van der Waals surface area (Å²) in [6, 6.07) is 5.93. The molecule has 0 radical (unpaired) electrons. The van der Waals surface area contributed by atoms with Crippen LogP contribution < -0.4 is 10.5 Å². The topological polar surface area (TPSA) is 41.4 Å². The van der Waals surface area contributed by atoms with Gasteiger partial charge in [0, 0.05) is 38.9 Å². The number of likely N-dealkylation sites (N-methyl/N-ethyl adjacent to an activating group) is 1. The van der Waals surface area contributed by atoms with Gasteiger partial charge in [-0.1, -0.05) is 0 Å².